The first-order valence-corrected chi connectivity index (χ1v) is 7.93. The highest BCUT2D eigenvalue weighted by molar-refractivity contribution is 5.81. The Hall–Kier alpha value is -2.33. The van der Waals surface area contributed by atoms with Gasteiger partial charge in [-0.05, 0) is 48.1 Å². The van der Waals surface area contributed by atoms with Crippen LogP contribution in [0.25, 0.3) is 0 Å². The lowest BCUT2D eigenvalue weighted by Crippen LogP contribution is -2.42. The SMILES string of the molecule is COc1ccc2c(c1)C[C@H](N[C@H](C(N)=O)c1ccccc1)CC2. The lowest BCUT2D eigenvalue weighted by atomic mass is 9.87. The highest BCUT2D eigenvalue weighted by atomic mass is 16.5. The fourth-order valence-electron chi connectivity index (χ4n) is 3.23. The Morgan fingerprint density at radius 1 is 1.22 bits per heavy atom. The molecule has 0 aliphatic heterocycles. The van der Waals surface area contributed by atoms with Crippen LogP contribution in [-0.4, -0.2) is 19.1 Å². The van der Waals surface area contributed by atoms with E-state index in [4.69, 9.17) is 10.5 Å². The number of rotatable bonds is 5. The van der Waals surface area contributed by atoms with Crippen LogP contribution in [0.4, 0.5) is 0 Å². The summed E-state index contributed by atoms with van der Waals surface area (Å²) < 4.78 is 5.31. The van der Waals surface area contributed by atoms with Crippen molar-refractivity contribution in [2.24, 2.45) is 5.73 Å². The van der Waals surface area contributed by atoms with E-state index in [1.165, 1.54) is 11.1 Å². The molecule has 0 unspecified atom stereocenters. The molecule has 0 heterocycles. The molecule has 0 aromatic heterocycles. The molecule has 1 aliphatic rings. The third kappa shape index (κ3) is 3.54. The first-order chi connectivity index (χ1) is 11.2. The molecule has 1 amide bonds. The number of nitrogens with two attached hydrogens (primary N) is 1. The number of hydrogen-bond acceptors (Lipinski definition) is 3. The molecule has 4 heteroatoms. The van der Waals surface area contributed by atoms with Gasteiger partial charge in [0.25, 0.3) is 0 Å². The summed E-state index contributed by atoms with van der Waals surface area (Å²) in [6, 6.07) is 15.7. The molecule has 4 nitrogen and oxygen atoms in total. The maximum atomic E-state index is 11.9. The van der Waals surface area contributed by atoms with E-state index in [1.807, 2.05) is 36.4 Å². The second-order valence-electron chi connectivity index (χ2n) is 5.99. The zero-order valence-corrected chi connectivity index (χ0v) is 13.3. The summed E-state index contributed by atoms with van der Waals surface area (Å²) in [6.07, 6.45) is 2.87. The van der Waals surface area contributed by atoms with Crippen molar-refractivity contribution < 1.29 is 9.53 Å². The van der Waals surface area contributed by atoms with Gasteiger partial charge >= 0.3 is 0 Å². The minimum Gasteiger partial charge on any atom is -0.497 e. The first kappa shape index (κ1) is 15.6. The molecule has 2 atom stereocenters. The molecule has 3 N–H and O–H groups in total. The highest BCUT2D eigenvalue weighted by Crippen LogP contribution is 2.27. The molecular formula is C19H22N2O2. The van der Waals surface area contributed by atoms with Crippen molar-refractivity contribution in [2.75, 3.05) is 7.11 Å². The number of hydrogen-bond donors (Lipinski definition) is 2. The van der Waals surface area contributed by atoms with Crippen LogP contribution in [0.1, 0.15) is 29.2 Å². The molecule has 0 saturated carbocycles. The average Bonchev–Trinajstić information content (AvgIpc) is 2.59. The normalized spacial score (nSPS) is 18.0. The third-order valence-corrected chi connectivity index (χ3v) is 4.46. The molecule has 2 aromatic rings. The lowest BCUT2D eigenvalue weighted by Gasteiger charge is -2.29. The molecule has 2 aromatic carbocycles. The van der Waals surface area contributed by atoms with Crippen molar-refractivity contribution in [1.29, 1.82) is 0 Å². The van der Waals surface area contributed by atoms with Crippen molar-refractivity contribution in [1.82, 2.24) is 5.32 Å². The number of carbonyl (C=O) groups excluding carboxylic acids is 1. The van der Waals surface area contributed by atoms with E-state index in [0.717, 1.165) is 30.6 Å². The number of fused-ring (bicyclic) bond motifs is 1. The molecule has 0 spiro atoms. The molecule has 3 rings (SSSR count). The van der Waals surface area contributed by atoms with Gasteiger partial charge in [0, 0.05) is 6.04 Å². The lowest BCUT2D eigenvalue weighted by molar-refractivity contribution is -0.120. The van der Waals surface area contributed by atoms with E-state index >= 15 is 0 Å². The van der Waals surface area contributed by atoms with Gasteiger partial charge in [0.2, 0.25) is 5.91 Å². The van der Waals surface area contributed by atoms with Gasteiger partial charge in [-0.3, -0.25) is 10.1 Å². The second kappa shape index (κ2) is 6.84. The van der Waals surface area contributed by atoms with Gasteiger partial charge in [-0.25, -0.2) is 0 Å². The van der Waals surface area contributed by atoms with Crippen LogP contribution in [-0.2, 0) is 17.6 Å². The predicted molar refractivity (Wildman–Crippen MR) is 90.3 cm³/mol. The largest absolute Gasteiger partial charge is 0.497 e. The Labute approximate surface area is 136 Å². The van der Waals surface area contributed by atoms with Gasteiger partial charge in [-0.15, -0.1) is 0 Å². The van der Waals surface area contributed by atoms with Gasteiger partial charge in [0.05, 0.1) is 7.11 Å². The number of aryl methyl sites for hydroxylation is 1. The quantitative estimate of drug-likeness (QED) is 0.891. The van der Waals surface area contributed by atoms with Crippen LogP contribution in [0.3, 0.4) is 0 Å². The van der Waals surface area contributed by atoms with Crippen LogP contribution < -0.4 is 15.8 Å². The fraction of sp³-hybridized carbons (Fsp3) is 0.316. The summed E-state index contributed by atoms with van der Waals surface area (Å²) in [6.45, 7) is 0. The smallest absolute Gasteiger partial charge is 0.239 e. The van der Waals surface area contributed by atoms with Crippen LogP contribution in [0.15, 0.2) is 48.5 Å². The fourth-order valence-corrected chi connectivity index (χ4v) is 3.23. The number of amides is 1. The number of methoxy groups -OCH3 is 1. The Balaban J connectivity index is 1.76. The number of benzene rings is 2. The molecular weight excluding hydrogens is 288 g/mol. The highest BCUT2D eigenvalue weighted by Gasteiger charge is 2.25. The van der Waals surface area contributed by atoms with Gasteiger partial charge in [0.1, 0.15) is 11.8 Å². The van der Waals surface area contributed by atoms with Crippen LogP contribution >= 0.6 is 0 Å². The van der Waals surface area contributed by atoms with Crippen LogP contribution in [0.5, 0.6) is 5.75 Å². The minimum absolute atomic E-state index is 0.229. The zero-order valence-electron chi connectivity index (χ0n) is 13.3. The van der Waals surface area contributed by atoms with E-state index in [9.17, 15) is 4.79 Å². The number of ether oxygens (including phenoxy) is 1. The van der Waals surface area contributed by atoms with Gasteiger partial charge < -0.3 is 10.5 Å². The maximum absolute atomic E-state index is 11.9. The van der Waals surface area contributed by atoms with Crippen molar-refractivity contribution in [3.63, 3.8) is 0 Å². The molecule has 120 valence electrons. The van der Waals surface area contributed by atoms with Crippen molar-refractivity contribution in [3.05, 3.63) is 65.2 Å². The topological polar surface area (TPSA) is 64.3 Å². The predicted octanol–water partition coefficient (Wildman–Crippen LogP) is 2.37. The Morgan fingerprint density at radius 3 is 2.70 bits per heavy atom. The molecule has 1 aliphatic carbocycles. The van der Waals surface area contributed by atoms with Crippen molar-refractivity contribution in [3.8, 4) is 5.75 Å². The van der Waals surface area contributed by atoms with E-state index in [2.05, 4.69) is 17.4 Å². The Morgan fingerprint density at radius 2 is 2.00 bits per heavy atom. The molecule has 0 fully saturated rings. The maximum Gasteiger partial charge on any atom is 0.239 e. The van der Waals surface area contributed by atoms with Crippen molar-refractivity contribution in [2.45, 2.75) is 31.3 Å². The minimum atomic E-state index is -0.451. The zero-order chi connectivity index (χ0) is 16.2. The van der Waals surface area contributed by atoms with Crippen molar-refractivity contribution >= 4 is 5.91 Å². The third-order valence-electron chi connectivity index (χ3n) is 4.46. The van der Waals surface area contributed by atoms with E-state index in [0.29, 0.717) is 0 Å². The molecule has 23 heavy (non-hydrogen) atoms. The summed E-state index contributed by atoms with van der Waals surface area (Å²) >= 11 is 0. The summed E-state index contributed by atoms with van der Waals surface area (Å²) in [5.41, 5.74) is 9.16. The summed E-state index contributed by atoms with van der Waals surface area (Å²) in [5.74, 6) is 0.534. The Kier molecular flexibility index (Phi) is 4.63. The van der Waals surface area contributed by atoms with Crippen LogP contribution in [0.2, 0.25) is 0 Å². The number of carbonyl (C=O) groups is 1. The average molecular weight is 310 g/mol. The Bertz CT molecular complexity index is 685. The van der Waals surface area contributed by atoms with Gasteiger partial charge in [0.15, 0.2) is 0 Å². The van der Waals surface area contributed by atoms with Gasteiger partial charge in [-0.2, -0.15) is 0 Å². The summed E-state index contributed by atoms with van der Waals surface area (Å²) in [5, 5.41) is 3.43. The van der Waals surface area contributed by atoms with Crippen LogP contribution in [0, 0.1) is 0 Å². The summed E-state index contributed by atoms with van der Waals surface area (Å²) in [4.78, 5) is 11.9. The standard InChI is InChI=1S/C19H22N2O2/c1-23-17-10-8-13-7-9-16(11-15(13)12-17)21-18(19(20)22)14-5-3-2-4-6-14/h2-6,8,10,12,16,18,21H,7,9,11H2,1H3,(H2,20,22)/t16-,18+/m1/s1. The van der Waals surface area contributed by atoms with E-state index in [-0.39, 0.29) is 11.9 Å². The summed E-state index contributed by atoms with van der Waals surface area (Å²) in [7, 11) is 1.68. The van der Waals surface area contributed by atoms with Gasteiger partial charge in [-0.1, -0.05) is 36.4 Å². The first-order valence-electron chi connectivity index (χ1n) is 7.93. The van der Waals surface area contributed by atoms with E-state index < -0.39 is 6.04 Å². The molecule has 0 saturated heterocycles. The number of primary amides is 1. The molecule has 0 bridgehead atoms. The second-order valence-corrected chi connectivity index (χ2v) is 5.99. The monoisotopic (exact) mass is 310 g/mol. The molecule has 0 radical (unpaired) electrons. The number of nitrogens with one attached hydrogen (secondary N) is 1. The van der Waals surface area contributed by atoms with E-state index in [1.54, 1.807) is 7.11 Å².